The Morgan fingerprint density at radius 1 is 1.47 bits per heavy atom. The predicted octanol–water partition coefficient (Wildman–Crippen LogP) is 1.71. The molecule has 1 aromatic rings. The van der Waals surface area contributed by atoms with Crippen molar-refractivity contribution in [3.63, 3.8) is 0 Å². The Morgan fingerprint density at radius 3 is 2.53 bits per heavy atom. The van der Waals surface area contributed by atoms with Crippen molar-refractivity contribution in [2.24, 2.45) is 0 Å². The first-order valence-corrected chi connectivity index (χ1v) is 6.63. The number of thiazole rings is 1. The van der Waals surface area contributed by atoms with Crippen LogP contribution in [0.5, 0.6) is 0 Å². The minimum Gasteiger partial charge on any atom is -0.382 e. The molecule has 0 bridgehead atoms. The Hall–Kier alpha value is -1.30. The van der Waals surface area contributed by atoms with E-state index in [9.17, 15) is 4.79 Å². The van der Waals surface area contributed by atoms with Gasteiger partial charge in [-0.3, -0.25) is 4.79 Å². The third-order valence-corrected chi connectivity index (χ3v) is 3.43. The predicted molar refractivity (Wildman–Crippen MR) is 72.7 cm³/mol. The van der Waals surface area contributed by atoms with Gasteiger partial charge in [0.15, 0.2) is 5.13 Å². The highest BCUT2D eigenvalue weighted by molar-refractivity contribution is 7.18. The molecule has 0 aliphatic rings. The van der Waals surface area contributed by atoms with Crippen LogP contribution in [0, 0.1) is 0 Å². The number of carbonyl (C=O) groups excluding carboxylic acids is 1. The zero-order valence-electron chi connectivity index (χ0n) is 10.8. The van der Waals surface area contributed by atoms with Crippen LogP contribution in [-0.2, 0) is 0 Å². The number of aromatic nitrogens is 1. The number of amides is 1. The summed E-state index contributed by atoms with van der Waals surface area (Å²) in [6.45, 7) is 9.65. The largest absolute Gasteiger partial charge is 0.382 e. The molecule has 0 aliphatic carbocycles. The summed E-state index contributed by atoms with van der Waals surface area (Å²) in [6, 6.07) is 0.0981. The molecule has 0 aromatic carbocycles. The number of nitrogens with zero attached hydrogens (tertiary/aromatic N) is 2. The average Bonchev–Trinajstić information content (AvgIpc) is 2.61. The van der Waals surface area contributed by atoms with E-state index < -0.39 is 0 Å². The van der Waals surface area contributed by atoms with Gasteiger partial charge in [0.1, 0.15) is 10.7 Å². The van der Waals surface area contributed by atoms with Crippen molar-refractivity contribution in [3.05, 3.63) is 4.88 Å². The fourth-order valence-electron chi connectivity index (χ4n) is 1.44. The van der Waals surface area contributed by atoms with Crippen molar-refractivity contribution in [1.29, 1.82) is 0 Å². The summed E-state index contributed by atoms with van der Waals surface area (Å²) in [7, 11) is 0. The molecule has 5 nitrogen and oxygen atoms in total. The van der Waals surface area contributed by atoms with Crippen LogP contribution in [0.2, 0.25) is 0 Å². The van der Waals surface area contributed by atoms with Crippen molar-refractivity contribution < 1.29 is 4.79 Å². The zero-order chi connectivity index (χ0) is 13.0. The third kappa shape index (κ3) is 3.33. The van der Waals surface area contributed by atoms with Crippen LogP contribution in [-0.4, -0.2) is 30.0 Å². The molecule has 0 atom stereocenters. The molecular weight excluding hydrogens is 236 g/mol. The lowest BCUT2D eigenvalue weighted by Gasteiger charge is -2.16. The summed E-state index contributed by atoms with van der Waals surface area (Å²) in [5, 5.41) is 3.63. The van der Waals surface area contributed by atoms with Crippen LogP contribution in [0.4, 0.5) is 10.9 Å². The first-order valence-electron chi connectivity index (χ1n) is 5.81. The van der Waals surface area contributed by atoms with Crippen molar-refractivity contribution in [2.45, 2.75) is 33.7 Å². The van der Waals surface area contributed by atoms with E-state index in [4.69, 9.17) is 5.73 Å². The Labute approximate surface area is 106 Å². The SMILES string of the molecule is CCN(CC)c1nc(N)c(C(=O)NC(C)C)s1. The monoisotopic (exact) mass is 256 g/mol. The summed E-state index contributed by atoms with van der Waals surface area (Å²) in [6.07, 6.45) is 0. The van der Waals surface area contributed by atoms with Crippen molar-refractivity contribution >= 4 is 28.2 Å². The van der Waals surface area contributed by atoms with Crippen LogP contribution in [0.15, 0.2) is 0 Å². The van der Waals surface area contributed by atoms with Gasteiger partial charge in [0.2, 0.25) is 0 Å². The van der Waals surface area contributed by atoms with E-state index in [0.29, 0.717) is 10.7 Å². The molecule has 17 heavy (non-hydrogen) atoms. The minimum atomic E-state index is -0.145. The quantitative estimate of drug-likeness (QED) is 0.841. The second kappa shape index (κ2) is 5.86. The summed E-state index contributed by atoms with van der Waals surface area (Å²) in [5.41, 5.74) is 5.78. The maximum atomic E-state index is 11.8. The molecule has 1 rings (SSSR count). The van der Waals surface area contributed by atoms with Gasteiger partial charge in [-0.1, -0.05) is 11.3 Å². The second-order valence-electron chi connectivity index (χ2n) is 4.01. The standard InChI is InChI=1S/C11H20N4OS/c1-5-15(6-2)11-14-9(12)8(17-11)10(16)13-7(3)4/h7H,5-6,12H2,1-4H3,(H,13,16). The van der Waals surface area contributed by atoms with Crippen molar-refractivity contribution in [1.82, 2.24) is 10.3 Å². The van der Waals surface area contributed by atoms with E-state index >= 15 is 0 Å². The highest BCUT2D eigenvalue weighted by Crippen LogP contribution is 2.27. The lowest BCUT2D eigenvalue weighted by Crippen LogP contribution is -2.29. The van der Waals surface area contributed by atoms with Gasteiger partial charge in [0.05, 0.1) is 0 Å². The van der Waals surface area contributed by atoms with Crippen LogP contribution < -0.4 is 16.0 Å². The molecule has 0 saturated carbocycles. The van der Waals surface area contributed by atoms with Gasteiger partial charge in [-0.25, -0.2) is 4.98 Å². The van der Waals surface area contributed by atoms with Crippen molar-refractivity contribution in [3.8, 4) is 0 Å². The Balaban J connectivity index is 2.91. The normalized spacial score (nSPS) is 10.6. The smallest absolute Gasteiger partial charge is 0.265 e. The molecule has 0 unspecified atom stereocenters. The number of nitrogen functional groups attached to an aromatic ring is 1. The van der Waals surface area contributed by atoms with Crippen LogP contribution in [0.1, 0.15) is 37.4 Å². The average molecular weight is 256 g/mol. The van der Waals surface area contributed by atoms with Gasteiger partial charge >= 0.3 is 0 Å². The molecule has 3 N–H and O–H groups in total. The van der Waals surface area contributed by atoms with Gasteiger partial charge < -0.3 is 16.0 Å². The number of hydrogen-bond acceptors (Lipinski definition) is 5. The highest BCUT2D eigenvalue weighted by atomic mass is 32.1. The summed E-state index contributed by atoms with van der Waals surface area (Å²) in [4.78, 5) is 18.7. The molecule has 0 spiro atoms. The number of nitrogens with one attached hydrogen (secondary N) is 1. The molecule has 1 aromatic heterocycles. The Morgan fingerprint density at radius 2 is 2.06 bits per heavy atom. The lowest BCUT2D eigenvalue weighted by molar-refractivity contribution is 0.0948. The lowest BCUT2D eigenvalue weighted by atomic mass is 10.3. The number of nitrogens with two attached hydrogens (primary N) is 1. The minimum absolute atomic E-state index is 0.0981. The molecule has 0 fully saturated rings. The number of carbonyl (C=O) groups is 1. The fraction of sp³-hybridized carbons (Fsp3) is 0.636. The molecule has 96 valence electrons. The van der Waals surface area contributed by atoms with Crippen LogP contribution in [0.3, 0.4) is 0 Å². The van der Waals surface area contributed by atoms with Gasteiger partial charge in [-0.15, -0.1) is 0 Å². The topological polar surface area (TPSA) is 71.2 Å². The molecule has 0 saturated heterocycles. The van der Waals surface area contributed by atoms with E-state index in [1.165, 1.54) is 11.3 Å². The Bertz CT molecular complexity index is 385. The van der Waals surface area contributed by atoms with E-state index in [0.717, 1.165) is 18.2 Å². The second-order valence-corrected chi connectivity index (χ2v) is 4.99. The molecule has 6 heteroatoms. The maximum Gasteiger partial charge on any atom is 0.265 e. The van der Waals surface area contributed by atoms with E-state index in [1.807, 2.05) is 13.8 Å². The Kier molecular flexibility index (Phi) is 4.74. The molecule has 0 aliphatic heterocycles. The zero-order valence-corrected chi connectivity index (χ0v) is 11.6. The summed E-state index contributed by atoms with van der Waals surface area (Å²) >= 11 is 1.34. The van der Waals surface area contributed by atoms with Gasteiger partial charge in [-0.05, 0) is 27.7 Å². The fourth-order valence-corrected chi connectivity index (χ4v) is 2.46. The number of rotatable bonds is 5. The third-order valence-electron chi connectivity index (χ3n) is 2.30. The molecule has 1 amide bonds. The number of anilines is 2. The maximum absolute atomic E-state index is 11.8. The first-order chi connectivity index (χ1) is 7.99. The molecule has 0 radical (unpaired) electrons. The van der Waals surface area contributed by atoms with Crippen LogP contribution >= 0.6 is 11.3 Å². The van der Waals surface area contributed by atoms with E-state index in [-0.39, 0.29) is 11.9 Å². The summed E-state index contributed by atoms with van der Waals surface area (Å²) in [5.74, 6) is 0.170. The van der Waals surface area contributed by atoms with Crippen molar-refractivity contribution in [2.75, 3.05) is 23.7 Å². The highest BCUT2D eigenvalue weighted by Gasteiger charge is 2.18. The van der Waals surface area contributed by atoms with E-state index in [1.54, 1.807) is 0 Å². The van der Waals surface area contributed by atoms with E-state index in [2.05, 4.69) is 29.0 Å². The van der Waals surface area contributed by atoms with Crippen LogP contribution in [0.25, 0.3) is 0 Å². The summed E-state index contributed by atoms with van der Waals surface area (Å²) < 4.78 is 0. The number of hydrogen-bond donors (Lipinski definition) is 2. The molecular formula is C11H20N4OS. The van der Waals surface area contributed by atoms with Gasteiger partial charge in [0.25, 0.3) is 5.91 Å². The van der Waals surface area contributed by atoms with Gasteiger partial charge in [0, 0.05) is 19.1 Å². The first kappa shape index (κ1) is 13.8. The van der Waals surface area contributed by atoms with Gasteiger partial charge in [-0.2, -0.15) is 0 Å². The molecule has 1 heterocycles.